The zero-order valence-corrected chi connectivity index (χ0v) is 47.1. The average molecular weight is 1070 g/mol. The quantitative estimate of drug-likeness (QED) is 0.0827. The van der Waals surface area contributed by atoms with Gasteiger partial charge in [-0.2, -0.15) is 0 Å². The van der Waals surface area contributed by atoms with Crippen LogP contribution in [0.1, 0.15) is 150 Å². The molecule has 0 spiro atoms. The molecule has 7 aliphatic rings. The summed E-state index contributed by atoms with van der Waals surface area (Å²) >= 11 is 0. The number of rotatable bonds is 17. The number of carbonyl (C=O) groups excluding carboxylic acids is 5. The van der Waals surface area contributed by atoms with Gasteiger partial charge in [0.1, 0.15) is 24.1 Å². The van der Waals surface area contributed by atoms with E-state index in [0.717, 1.165) is 32.1 Å². The van der Waals surface area contributed by atoms with E-state index in [-0.39, 0.29) is 59.6 Å². The summed E-state index contributed by atoms with van der Waals surface area (Å²) in [5.41, 5.74) is -2.42. The number of fused-ring (bicyclic) bond motifs is 5. The highest BCUT2D eigenvalue weighted by atomic mass is 16.7. The minimum Gasteiger partial charge on any atom is -0.458 e. The maximum Gasteiger partial charge on any atom is 0.338 e. The lowest BCUT2D eigenvalue weighted by molar-refractivity contribution is -0.339. The molecule has 3 saturated heterocycles. The maximum atomic E-state index is 14.3. The van der Waals surface area contributed by atoms with Crippen LogP contribution in [-0.2, 0) is 80.8 Å². The summed E-state index contributed by atoms with van der Waals surface area (Å²) in [5.74, 6) is -3.26. The Morgan fingerprint density at radius 1 is 0.618 bits per heavy atom. The number of esters is 4. The van der Waals surface area contributed by atoms with Crippen molar-refractivity contribution < 1.29 is 85.6 Å². The van der Waals surface area contributed by atoms with Crippen molar-refractivity contribution in [2.45, 2.75) is 238 Å². The van der Waals surface area contributed by atoms with E-state index in [0.29, 0.717) is 37.7 Å². The smallest absolute Gasteiger partial charge is 0.338 e. The van der Waals surface area contributed by atoms with Gasteiger partial charge in [0.05, 0.1) is 48.1 Å². The van der Waals surface area contributed by atoms with Crippen LogP contribution in [0.4, 0.5) is 0 Å². The van der Waals surface area contributed by atoms with E-state index in [2.05, 4.69) is 6.92 Å². The van der Waals surface area contributed by atoms with Crippen LogP contribution in [-0.4, -0.2) is 149 Å². The Labute approximate surface area is 449 Å². The number of hydrogen-bond acceptors (Lipinski definition) is 18. The lowest BCUT2D eigenvalue weighted by Crippen LogP contribution is -2.68. The van der Waals surface area contributed by atoms with Crippen LogP contribution in [0, 0.1) is 40.4 Å². The van der Waals surface area contributed by atoms with Gasteiger partial charge in [-0.05, 0) is 108 Å². The molecule has 0 radical (unpaired) electrons. The van der Waals surface area contributed by atoms with E-state index in [1.807, 2.05) is 41.5 Å². The monoisotopic (exact) mass is 1070 g/mol. The Morgan fingerprint density at radius 3 is 1.67 bits per heavy atom. The predicted octanol–water partition coefficient (Wildman–Crippen LogP) is 7.86. The van der Waals surface area contributed by atoms with E-state index in [9.17, 15) is 24.0 Å². The van der Waals surface area contributed by atoms with Crippen molar-refractivity contribution in [3.8, 4) is 0 Å². The number of carbonyl (C=O) groups is 5. The molecule has 0 bridgehead atoms. The van der Waals surface area contributed by atoms with Crippen LogP contribution < -0.4 is 0 Å². The molecular weight excluding hydrogens is 985 g/mol. The van der Waals surface area contributed by atoms with Gasteiger partial charge in [-0.3, -0.25) is 19.2 Å². The summed E-state index contributed by atoms with van der Waals surface area (Å²) in [4.78, 5) is 67.3. The van der Waals surface area contributed by atoms with E-state index >= 15 is 0 Å². The second kappa shape index (κ2) is 24.0. The van der Waals surface area contributed by atoms with Gasteiger partial charge < -0.3 is 61.6 Å². The third kappa shape index (κ3) is 11.5. The third-order valence-corrected chi connectivity index (χ3v) is 18.7. The normalized spacial score (nSPS) is 43.2. The zero-order valence-electron chi connectivity index (χ0n) is 47.1. The largest absolute Gasteiger partial charge is 0.458 e. The van der Waals surface area contributed by atoms with Crippen LogP contribution >= 0.6 is 0 Å². The van der Waals surface area contributed by atoms with Crippen molar-refractivity contribution in [3.63, 3.8) is 0 Å². The average Bonchev–Trinajstić information content (AvgIpc) is 3.68. The van der Waals surface area contributed by atoms with Gasteiger partial charge in [0, 0.05) is 72.2 Å². The van der Waals surface area contributed by atoms with Crippen molar-refractivity contribution in [2.24, 2.45) is 40.4 Å². The first-order valence-corrected chi connectivity index (χ1v) is 27.9. The molecule has 22 atom stereocenters. The van der Waals surface area contributed by atoms with Crippen LogP contribution in [0.2, 0.25) is 0 Å². The summed E-state index contributed by atoms with van der Waals surface area (Å²) in [5, 5.41) is 0. The summed E-state index contributed by atoms with van der Waals surface area (Å²) < 4.78 is 82.2. The molecular formula is C58H86O18. The second-order valence-electron chi connectivity index (χ2n) is 23.8. The van der Waals surface area contributed by atoms with Crippen LogP contribution in [0.3, 0.4) is 0 Å². The first-order valence-electron chi connectivity index (χ1n) is 27.9. The Hall–Kier alpha value is -3.59. The molecule has 18 heteroatoms. The first kappa shape index (κ1) is 58.6. The molecule has 0 unspecified atom stereocenters. The maximum absolute atomic E-state index is 14.3. The van der Waals surface area contributed by atoms with Gasteiger partial charge in [0.2, 0.25) is 0 Å². The predicted molar refractivity (Wildman–Crippen MR) is 272 cm³/mol. The number of ether oxygens (including phenoxy) is 13. The molecule has 4 saturated carbocycles. The molecule has 0 aromatic heterocycles. The molecule has 426 valence electrons. The van der Waals surface area contributed by atoms with Gasteiger partial charge in [-0.15, -0.1) is 0 Å². The molecule has 18 nitrogen and oxygen atoms in total. The Balaban J connectivity index is 0.944. The van der Waals surface area contributed by atoms with E-state index in [1.54, 1.807) is 51.7 Å². The molecule has 8 rings (SSSR count). The SMILES string of the molecule is CO[C@H]1C[C@H](O[C@H]2CC[C@@]3(C)[C@@H](CC[C@@H]4[C@@H]3CC[C@]3(C)[C@H](C(C)=O)[C@H](OC(C)=O)[C@@H](OC(=O)c5ccccc5)[C@]43OC(=O)CC(C)C)C2)O[C@H](C)[C@H]1O[C@H]1C[C@H](OC)[C@H](O[C@H]2C[C@@H](OC)[C@H](OC(C)=O)[C@@H](C)O2)[C@@H](C)O1. The molecule has 3 aliphatic heterocycles. The topological polar surface area (TPSA) is 205 Å². The fraction of sp³-hybridized carbons (Fsp3) is 0.810. The highest BCUT2D eigenvalue weighted by Gasteiger charge is 2.79. The molecule has 7 fully saturated rings. The molecule has 0 N–H and O–H groups in total. The number of benzene rings is 1. The van der Waals surface area contributed by atoms with Crippen LogP contribution in [0.15, 0.2) is 30.3 Å². The van der Waals surface area contributed by atoms with Crippen molar-refractivity contribution in [2.75, 3.05) is 21.3 Å². The fourth-order valence-electron chi connectivity index (χ4n) is 15.3. The Kier molecular flexibility index (Phi) is 18.5. The number of Topliss-reactive ketones (excluding diaryl/α,β-unsaturated/α-hetero) is 1. The van der Waals surface area contributed by atoms with Crippen molar-refractivity contribution in [3.05, 3.63) is 35.9 Å². The highest BCUT2D eigenvalue weighted by molar-refractivity contribution is 5.90. The van der Waals surface area contributed by atoms with Gasteiger partial charge >= 0.3 is 23.9 Å². The minimum absolute atomic E-state index is 0.0218. The fourth-order valence-corrected chi connectivity index (χ4v) is 15.3. The van der Waals surface area contributed by atoms with Crippen LogP contribution in [0.5, 0.6) is 0 Å². The van der Waals surface area contributed by atoms with E-state index in [1.165, 1.54) is 20.8 Å². The summed E-state index contributed by atoms with van der Waals surface area (Å²) in [7, 11) is 4.88. The van der Waals surface area contributed by atoms with E-state index < -0.39 is 115 Å². The Morgan fingerprint density at radius 2 is 1.14 bits per heavy atom. The standard InChI is InChI=1S/C58H86O18/c1-30(2)25-45(62)76-58-41-20-19-38-26-39(21-23-56(38,9)40(41)22-24-57(58,10)49(31(3)59)53(71-36(8)61)54(58)75-55(63)37-17-15-14-16-18-37)72-46-27-43(65-12)51(33(5)67-46)74-48-29-44(66-13)52(34(6)69-48)73-47-28-42(64-11)50(32(4)68-47)70-35(7)60/h14-18,30,32-34,38-44,46-54H,19-29H2,1-13H3/t32-,33-,34-,38+,39+,40+,41-,42-,43+,44+,46+,47+,48+,49-,50-,51-,52-,53+,54-,56+,57-,58-/m1/s1. The van der Waals surface area contributed by atoms with Crippen molar-refractivity contribution in [1.29, 1.82) is 0 Å². The molecule has 76 heavy (non-hydrogen) atoms. The highest BCUT2D eigenvalue weighted by Crippen LogP contribution is 2.71. The van der Waals surface area contributed by atoms with Crippen molar-refractivity contribution >= 4 is 29.7 Å². The molecule has 1 aromatic carbocycles. The zero-order chi connectivity index (χ0) is 55.0. The number of hydrogen-bond donors (Lipinski definition) is 0. The number of methoxy groups -OCH3 is 3. The minimum atomic E-state index is -1.47. The van der Waals surface area contributed by atoms with Gasteiger partial charge in [0.15, 0.2) is 42.8 Å². The third-order valence-electron chi connectivity index (χ3n) is 18.7. The van der Waals surface area contributed by atoms with Gasteiger partial charge in [-0.25, -0.2) is 4.79 Å². The summed E-state index contributed by atoms with van der Waals surface area (Å²) in [6, 6.07) is 8.60. The summed E-state index contributed by atoms with van der Waals surface area (Å²) in [6.45, 7) is 18.1. The molecule has 0 amide bonds. The lowest BCUT2D eigenvalue weighted by Gasteiger charge is -2.64. The first-order chi connectivity index (χ1) is 36.1. The summed E-state index contributed by atoms with van der Waals surface area (Å²) in [6.07, 6.45) is -1.96. The number of ketones is 1. The van der Waals surface area contributed by atoms with Gasteiger partial charge in [0.25, 0.3) is 0 Å². The second-order valence-corrected chi connectivity index (χ2v) is 23.8. The van der Waals surface area contributed by atoms with E-state index in [4.69, 9.17) is 61.6 Å². The lowest BCUT2D eigenvalue weighted by atomic mass is 9.43. The molecule has 4 aliphatic carbocycles. The van der Waals surface area contributed by atoms with Crippen molar-refractivity contribution in [1.82, 2.24) is 0 Å². The van der Waals surface area contributed by atoms with Crippen LogP contribution in [0.25, 0.3) is 0 Å². The Bertz CT molecular complexity index is 2190. The molecule has 3 heterocycles. The molecule has 1 aromatic rings. The van der Waals surface area contributed by atoms with Gasteiger partial charge in [-0.1, -0.05) is 45.9 Å².